The molecule has 1 fully saturated rings. The highest BCUT2D eigenvalue weighted by Gasteiger charge is 2.66. The number of non-ortho nitro benzene ring substituents is 1. The van der Waals surface area contributed by atoms with Gasteiger partial charge in [-0.25, -0.2) is 0 Å². The summed E-state index contributed by atoms with van der Waals surface area (Å²) in [5.41, 5.74) is -1.23. The van der Waals surface area contributed by atoms with Gasteiger partial charge in [0, 0.05) is 53.3 Å². The predicted molar refractivity (Wildman–Crippen MR) is 166 cm³/mol. The topological polar surface area (TPSA) is 216 Å². The quantitative estimate of drug-likeness (QED) is 0.0903. The maximum atomic E-state index is 13.1. The zero-order valence-electron chi connectivity index (χ0n) is 23.7. The van der Waals surface area contributed by atoms with Gasteiger partial charge in [0.2, 0.25) is 11.7 Å². The minimum absolute atomic E-state index is 0.0759. The van der Waals surface area contributed by atoms with Crippen LogP contribution in [0.15, 0.2) is 72.8 Å². The summed E-state index contributed by atoms with van der Waals surface area (Å²) in [5, 5.41) is 58.9. The molecule has 0 aromatic heterocycles. The molecule has 3 aromatic rings. The highest BCUT2D eigenvalue weighted by Crippen LogP contribution is 2.46. The normalized spacial score (nSPS) is 17.8. The number of benzene rings is 3. The van der Waals surface area contributed by atoms with Gasteiger partial charge in [-0.1, -0.05) is 48.5 Å². The van der Waals surface area contributed by atoms with Crippen LogP contribution in [0.3, 0.4) is 0 Å². The monoisotopic (exact) mass is 656 g/mol. The summed E-state index contributed by atoms with van der Waals surface area (Å²) in [6.45, 7) is 1.25. The van der Waals surface area contributed by atoms with Gasteiger partial charge in [-0.15, -0.1) is 23.5 Å². The molecule has 4 rings (SSSR count). The van der Waals surface area contributed by atoms with Crippen LogP contribution in [-0.4, -0.2) is 53.1 Å². The van der Waals surface area contributed by atoms with Crippen molar-refractivity contribution in [2.24, 2.45) is 5.41 Å². The third-order valence-electron chi connectivity index (χ3n) is 7.75. The summed E-state index contributed by atoms with van der Waals surface area (Å²) in [6, 6.07) is 16.4. The number of β-lactam (4-membered cyclic amide) rings is 1. The number of nitrogens with one attached hydrogen (secondary N) is 1. The number of amides is 1. The Morgan fingerprint density at radius 1 is 0.867 bits per heavy atom. The maximum Gasteiger partial charge on any atom is 0.273 e. The van der Waals surface area contributed by atoms with Gasteiger partial charge in [-0.3, -0.25) is 39.9 Å². The molecule has 1 aliphatic rings. The lowest BCUT2D eigenvalue weighted by atomic mass is 9.65. The fraction of sp³-hybridized carbons (Fsp3) is 0.310. The number of ketones is 1. The first-order chi connectivity index (χ1) is 21.2. The summed E-state index contributed by atoms with van der Waals surface area (Å²) in [4.78, 5) is 58.4. The van der Waals surface area contributed by atoms with Crippen molar-refractivity contribution in [3.63, 3.8) is 0 Å². The average molecular weight is 657 g/mol. The van der Waals surface area contributed by atoms with Gasteiger partial charge in [0.15, 0.2) is 5.78 Å². The molecule has 14 nitrogen and oxygen atoms in total. The van der Waals surface area contributed by atoms with E-state index in [1.54, 1.807) is 24.3 Å². The van der Waals surface area contributed by atoms with Crippen LogP contribution in [0.2, 0.25) is 0 Å². The van der Waals surface area contributed by atoms with Crippen molar-refractivity contribution in [1.82, 2.24) is 5.32 Å². The van der Waals surface area contributed by atoms with Crippen LogP contribution < -0.4 is 5.32 Å². The van der Waals surface area contributed by atoms with E-state index in [2.05, 4.69) is 5.32 Å². The van der Waals surface area contributed by atoms with Crippen LogP contribution in [0.4, 0.5) is 17.1 Å². The minimum atomic E-state index is -3.11. The number of thioether (sulfide) groups is 2. The number of carbonyl (C=O) groups excluding carboxylic acids is 2. The lowest BCUT2D eigenvalue weighted by Gasteiger charge is -2.52. The maximum absolute atomic E-state index is 13.1. The van der Waals surface area contributed by atoms with Crippen molar-refractivity contribution < 1.29 is 34.6 Å². The van der Waals surface area contributed by atoms with Gasteiger partial charge in [0.1, 0.15) is 5.41 Å². The van der Waals surface area contributed by atoms with Crippen LogP contribution in [0.5, 0.6) is 0 Å². The van der Waals surface area contributed by atoms with Crippen molar-refractivity contribution >= 4 is 52.3 Å². The van der Waals surface area contributed by atoms with Crippen molar-refractivity contribution in [1.29, 1.82) is 0 Å². The molecule has 45 heavy (non-hydrogen) atoms. The Hall–Kier alpha value is -4.38. The molecular weight excluding hydrogens is 628 g/mol. The first-order valence-corrected chi connectivity index (χ1v) is 15.6. The van der Waals surface area contributed by atoms with Crippen LogP contribution in [-0.2, 0) is 27.5 Å². The van der Waals surface area contributed by atoms with E-state index in [1.807, 2.05) is 0 Å². The number of Topliss-reactive ketones (excluding diaryl/α,β-unsaturated/α-hetero) is 1. The molecular formula is C29H28N4O10S2. The van der Waals surface area contributed by atoms with Gasteiger partial charge >= 0.3 is 0 Å². The number of nitro benzene ring substituents is 3. The third-order valence-corrected chi connectivity index (χ3v) is 10.7. The summed E-state index contributed by atoms with van der Waals surface area (Å²) in [7, 11) is 0. The highest BCUT2D eigenvalue weighted by molar-refractivity contribution is 8.16. The van der Waals surface area contributed by atoms with Crippen LogP contribution in [0.1, 0.15) is 30.0 Å². The predicted octanol–water partition coefficient (Wildman–Crippen LogP) is 4.29. The number of para-hydroxylation sites is 2. The molecule has 1 saturated heterocycles. The first kappa shape index (κ1) is 33.5. The second kappa shape index (κ2) is 13.7. The van der Waals surface area contributed by atoms with Crippen molar-refractivity contribution in [3.8, 4) is 0 Å². The minimum Gasteiger partial charge on any atom is -0.359 e. The Morgan fingerprint density at radius 3 is 1.80 bits per heavy atom. The summed E-state index contributed by atoms with van der Waals surface area (Å²) in [6.07, 6.45) is -0.435. The molecule has 0 radical (unpaired) electrons. The lowest BCUT2D eigenvalue weighted by Crippen LogP contribution is -2.77. The van der Waals surface area contributed by atoms with E-state index in [4.69, 9.17) is 0 Å². The standard InChI is InChI=1S/C29H28N4O10S2/c1-28(29(36,37)25(34)14-18-10-12-21(13-11-18)31(38)39)24(30-27(28)35)15-26(44-16-19-6-2-4-8-22(19)32(40)41)45-17-20-7-3-5-9-23(20)33(42)43/h2-13,24,26,36-37H,14-17H2,1H3,(H,30,35). The number of hydrogen-bond acceptors (Lipinski definition) is 12. The zero-order valence-corrected chi connectivity index (χ0v) is 25.4. The van der Waals surface area contributed by atoms with Crippen LogP contribution in [0.25, 0.3) is 0 Å². The van der Waals surface area contributed by atoms with Crippen LogP contribution in [0, 0.1) is 35.8 Å². The summed E-state index contributed by atoms with van der Waals surface area (Å²) < 4.78 is -0.477. The number of hydrogen-bond donors (Lipinski definition) is 3. The molecule has 1 heterocycles. The van der Waals surface area contributed by atoms with E-state index >= 15 is 0 Å². The van der Waals surface area contributed by atoms with Crippen molar-refractivity contribution in [2.75, 3.05) is 0 Å². The summed E-state index contributed by atoms with van der Waals surface area (Å²) >= 11 is 2.56. The molecule has 16 heteroatoms. The lowest BCUT2D eigenvalue weighted by molar-refractivity contribution is -0.385. The molecule has 0 bridgehead atoms. The highest BCUT2D eigenvalue weighted by atomic mass is 32.2. The average Bonchev–Trinajstić information content (AvgIpc) is 3.01. The van der Waals surface area contributed by atoms with Gasteiger partial charge in [0.05, 0.1) is 25.4 Å². The number of rotatable bonds is 15. The van der Waals surface area contributed by atoms with Gasteiger partial charge in [-0.2, -0.15) is 0 Å². The van der Waals surface area contributed by atoms with Gasteiger partial charge < -0.3 is 15.5 Å². The SMILES string of the molecule is CC1(C(O)(O)C(=O)Cc2ccc([N+](=O)[O-])cc2)C(=O)NC1CC(SCc1ccccc1[N+](=O)[O-])SCc1ccccc1[N+](=O)[O-]. The molecule has 236 valence electrons. The van der Waals surface area contributed by atoms with E-state index in [9.17, 15) is 50.1 Å². The third kappa shape index (κ3) is 7.14. The Bertz CT molecular complexity index is 1570. The number of nitro groups is 3. The first-order valence-electron chi connectivity index (χ1n) is 13.5. The van der Waals surface area contributed by atoms with E-state index in [1.165, 1.54) is 79.0 Å². The zero-order chi connectivity index (χ0) is 32.9. The molecule has 0 spiro atoms. The van der Waals surface area contributed by atoms with E-state index in [-0.39, 0.29) is 40.6 Å². The van der Waals surface area contributed by atoms with E-state index in [0.717, 1.165) is 0 Å². The molecule has 0 aliphatic carbocycles. The molecule has 3 aromatic carbocycles. The van der Waals surface area contributed by atoms with Gasteiger partial charge in [-0.05, 0) is 18.9 Å². The fourth-order valence-electron chi connectivity index (χ4n) is 4.93. The molecule has 3 N–H and O–H groups in total. The Labute approximate surface area is 264 Å². The van der Waals surface area contributed by atoms with Gasteiger partial charge in [0.25, 0.3) is 17.1 Å². The molecule has 0 saturated carbocycles. The Kier molecular flexibility index (Phi) is 10.2. The Balaban J connectivity index is 1.55. The molecule has 1 aliphatic heterocycles. The van der Waals surface area contributed by atoms with Crippen LogP contribution >= 0.6 is 23.5 Å². The summed E-state index contributed by atoms with van der Waals surface area (Å²) in [5.74, 6) is -4.63. The van der Waals surface area contributed by atoms with E-state index < -0.39 is 54.7 Å². The number of aliphatic hydroxyl groups is 2. The Morgan fingerprint density at radius 2 is 1.36 bits per heavy atom. The van der Waals surface area contributed by atoms with E-state index in [0.29, 0.717) is 11.1 Å². The second-order valence-electron chi connectivity index (χ2n) is 10.5. The number of nitrogens with zero attached hydrogens (tertiary/aromatic N) is 3. The molecule has 2 unspecified atom stereocenters. The molecule has 1 amide bonds. The number of carbonyl (C=O) groups is 2. The largest absolute Gasteiger partial charge is 0.359 e. The fourth-order valence-corrected chi connectivity index (χ4v) is 7.60. The smallest absolute Gasteiger partial charge is 0.273 e. The second-order valence-corrected chi connectivity index (χ2v) is 13.2. The molecule has 2 atom stereocenters. The van der Waals surface area contributed by atoms with Crippen molar-refractivity contribution in [2.45, 2.75) is 47.7 Å². The van der Waals surface area contributed by atoms with Crippen molar-refractivity contribution in [3.05, 3.63) is 120 Å².